The van der Waals surface area contributed by atoms with Crippen LogP contribution in [0.1, 0.15) is 21.6 Å². The lowest BCUT2D eigenvalue weighted by atomic mass is 10.1. The van der Waals surface area contributed by atoms with Crippen molar-refractivity contribution in [3.8, 4) is 0 Å². The van der Waals surface area contributed by atoms with Crippen LogP contribution in [0.15, 0.2) is 53.3 Å². The van der Waals surface area contributed by atoms with E-state index in [1.54, 1.807) is 48.5 Å². The summed E-state index contributed by atoms with van der Waals surface area (Å²) in [5.74, 6) is -0.454. The summed E-state index contributed by atoms with van der Waals surface area (Å²) >= 11 is 0. The predicted octanol–water partition coefficient (Wildman–Crippen LogP) is 2.93. The Morgan fingerprint density at radius 1 is 1.04 bits per heavy atom. The van der Waals surface area contributed by atoms with Gasteiger partial charge in [-0.3, -0.25) is 9.59 Å². The normalized spacial score (nSPS) is 11.5. The fraction of sp³-hybridized carbons (Fsp3) is 0.211. The lowest BCUT2D eigenvalue weighted by Crippen LogP contribution is -2.26. The molecule has 0 fully saturated rings. The molecule has 2 aromatic carbocycles. The number of halogens is 3. The Bertz CT molecular complexity index is 1030. The van der Waals surface area contributed by atoms with Crippen LogP contribution in [0.3, 0.4) is 0 Å². The van der Waals surface area contributed by atoms with Crippen LogP contribution in [0.2, 0.25) is 0 Å². The van der Waals surface area contributed by atoms with Crippen LogP contribution >= 0.6 is 0 Å². The van der Waals surface area contributed by atoms with Gasteiger partial charge in [0.2, 0.25) is 0 Å². The van der Waals surface area contributed by atoms with Crippen LogP contribution in [-0.4, -0.2) is 28.9 Å². The van der Waals surface area contributed by atoms with Crippen molar-refractivity contribution in [1.29, 1.82) is 0 Å². The zero-order chi connectivity index (χ0) is 20.1. The summed E-state index contributed by atoms with van der Waals surface area (Å²) in [7, 11) is 0. The summed E-state index contributed by atoms with van der Waals surface area (Å²) in [5.41, 5.74) is 1.07. The number of benzene rings is 2. The van der Waals surface area contributed by atoms with Gasteiger partial charge in [-0.1, -0.05) is 42.5 Å². The highest BCUT2D eigenvalue weighted by Gasteiger charge is 2.27. The number of hydrogen-bond acceptors (Lipinski definition) is 4. The Balaban J connectivity index is 1.61. The van der Waals surface area contributed by atoms with Gasteiger partial charge in [-0.15, -0.1) is 0 Å². The Hall–Kier alpha value is -3.20. The van der Waals surface area contributed by atoms with E-state index in [0.29, 0.717) is 16.3 Å². The Morgan fingerprint density at radius 2 is 1.68 bits per heavy atom. The second-order valence-electron chi connectivity index (χ2n) is 6.05. The molecule has 28 heavy (non-hydrogen) atoms. The average Bonchev–Trinajstić information content (AvgIpc) is 2.67. The maximum atomic E-state index is 12.4. The molecule has 0 aliphatic carbocycles. The number of fused-ring (bicyclic) bond motifs is 1. The van der Waals surface area contributed by atoms with E-state index >= 15 is 0 Å². The van der Waals surface area contributed by atoms with Crippen molar-refractivity contribution in [3.05, 3.63) is 75.7 Å². The minimum Gasteiger partial charge on any atom is -0.367 e. The fourth-order valence-corrected chi connectivity index (χ4v) is 2.59. The third kappa shape index (κ3) is 4.95. The predicted molar refractivity (Wildman–Crippen MR) is 95.7 cm³/mol. The molecule has 146 valence electrons. The first-order valence-electron chi connectivity index (χ1n) is 8.31. The van der Waals surface area contributed by atoms with E-state index in [1.165, 1.54) is 0 Å². The van der Waals surface area contributed by atoms with E-state index < -0.39 is 18.7 Å². The average molecular weight is 391 g/mol. The van der Waals surface area contributed by atoms with E-state index in [1.807, 2.05) is 0 Å². The monoisotopic (exact) mass is 391 g/mol. The molecule has 3 rings (SSSR count). The minimum atomic E-state index is -4.36. The van der Waals surface area contributed by atoms with Gasteiger partial charge in [0.25, 0.3) is 11.5 Å². The first-order valence-corrected chi connectivity index (χ1v) is 8.31. The molecule has 1 aromatic heterocycles. The van der Waals surface area contributed by atoms with Crippen molar-refractivity contribution >= 4 is 16.7 Å². The molecule has 0 aliphatic heterocycles. The van der Waals surface area contributed by atoms with E-state index in [2.05, 4.69) is 20.3 Å². The molecule has 0 bridgehead atoms. The molecule has 0 unspecified atom stereocenters. The topological polar surface area (TPSA) is 84.1 Å². The molecular weight excluding hydrogens is 375 g/mol. The number of nitrogens with one attached hydrogen (secondary N) is 2. The van der Waals surface area contributed by atoms with Gasteiger partial charge in [0.05, 0.1) is 12.0 Å². The second-order valence-corrected chi connectivity index (χ2v) is 6.05. The number of rotatable bonds is 6. The number of aromatic amines is 1. The zero-order valence-corrected chi connectivity index (χ0v) is 14.5. The number of H-pyrrole nitrogens is 1. The number of aromatic nitrogens is 2. The van der Waals surface area contributed by atoms with Crippen molar-refractivity contribution in [1.82, 2.24) is 15.5 Å². The van der Waals surface area contributed by atoms with Gasteiger partial charge >= 0.3 is 6.18 Å². The van der Waals surface area contributed by atoms with E-state index in [0.717, 1.165) is 5.56 Å². The number of hydrogen-bond donors (Lipinski definition) is 2. The van der Waals surface area contributed by atoms with E-state index in [9.17, 15) is 22.8 Å². The number of nitrogens with zero attached hydrogens (tertiary/aromatic N) is 1. The lowest BCUT2D eigenvalue weighted by molar-refractivity contribution is -0.176. The van der Waals surface area contributed by atoms with Crippen molar-refractivity contribution < 1.29 is 22.7 Å². The number of amides is 1. The number of carbonyl (C=O) groups is 1. The molecule has 0 atom stereocenters. The number of carbonyl (C=O) groups excluding carboxylic acids is 1. The van der Waals surface area contributed by atoms with Gasteiger partial charge in [0.1, 0.15) is 6.61 Å². The molecule has 0 radical (unpaired) electrons. The van der Waals surface area contributed by atoms with Gasteiger partial charge in [0.15, 0.2) is 5.69 Å². The summed E-state index contributed by atoms with van der Waals surface area (Å²) in [6.07, 6.45) is -4.36. The first-order chi connectivity index (χ1) is 13.3. The van der Waals surface area contributed by atoms with Crippen molar-refractivity contribution in [2.45, 2.75) is 19.3 Å². The molecule has 0 saturated carbocycles. The number of ether oxygens (including phenoxy) is 1. The third-order valence-corrected chi connectivity index (χ3v) is 3.92. The van der Waals surface area contributed by atoms with Crippen LogP contribution in [0, 0.1) is 0 Å². The molecule has 1 amide bonds. The van der Waals surface area contributed by atoms with E-state index in [4.69, 9.17) is 0 Å². The first kappa shape index (κ1) is 19.6. The molecule has 6 nitrogen and oxygen atoms in total. The molecule has 2 N–H and O–H groups in total. The van der Waals surface area contributed by atoms with Crippen LogP contribution in [0.5, 0.6) is 0 Å². The highest BCUT2D eigenvalue weighted by Crippen LogP contribution is 2.16. The minimum absolute atomic E-state index is 0.104. The Morgan fingerprint density at radius 3 is 2.36 bits per heavy atom. The maximum absolute atomic E-state index is 12.4. The Labute approximate surface area is 157 Å². The standard InChI is InChI=1S/C19H16F3N3O3/c20-19(21,22)11-28-10-13-7-5-12(6-8-13)9-23-18(27)16-14-3-1-2-4-15(14)17(26)25-24-16/h1-8H,9-11H2,(H,23,27)(H,25,26). The Kier molecular flexibility index (Phi) is 5.74. The van der Waals surface area contributed by atoms with Gasteiger partial charge in [0, 0.05) is 11.9 Å². The summed E-state index contributed by atoms with van der Waals surface area (Å²) in [6, 6.07) is 13.3. The molecule has 9 heteroatoms. The lowest BCUT2D eigenvalue weighted by Gasteiger charge is -2.09. The van der Waals surface area contributed by atoms with Crippen molar-refractivity contribution in [3.63, 3.8) is 0 Å². The molecular formula is C19H16F3N3O3. The molecule has 0 aliphatic rings. The highest BCUT2D eigenvalue weighted by molar-refractivity contribution is 6.04. The zero-order valence-electron chi connectivity index (χ0n) is 14.5. The van der Waals surface area contributed by atoms with Crippen LogP contribution in [-0.2, 0) is 17.9 Å². The summed E-state index contributed by atoms with van der Waals surface area (Å²) in [6.45, 7) is -1.26. The summed E-state index contributed by atoms with van der Waals surface area (Å²) in [4.78, 5) is 24.2. The molecule has 3 aromatic rings. The van der Waals surface area contributed by atoms with Gasteiger partial charge in [-0.05, 0) is 17.2 Å². The molecule has 0 spiro atoms. The van der Waals surface area contributed by atoms with Crippen LogP contribution < -0.4 is 10.9 Å². The summed E-state index contributed by atoms with van der Waals surface area (Å²) < 4.78 is 40.8. The quantitative estimate of drug-likeness (QED) is 0.677. The SMILES string of the molecule is O=C(NCc1ccc(COCC(F)(F)F)cc1)c1n[nH]c(=O)c2ccccc12. The van der Waals surface area contributed by atoms with Crippen LogP contribution in [0.4, 0.5) is 13.2 Å². The van der Waals surface area contributed by atoms with Gasteiger partial charge < -0.3 is 10.1 Å². The van der Waals surface area contributed by atoms with Crippen LogP contribution in [0.25, 0.3) is 10.8 Å². The fourth-order valence-electron chi connectivity index (χ4n) is 2.59. The van der Waals surface area contributed by atoms with Crippen molar-refractivity contribution in [2.75, 3.05) is 6.61 Å². The highest BCUT2D eigenvalue weighted by atomic mass is 19.4. The van der Waals surface area contributed by atoms with E-state index in [-0.39, 0.29) is 24.4 Å². The second kappa shape index (κ2) is 8.22. The molecule has 1 heterocycles. The third-order valence-electron chi connectivity index (χ3n) is 3.92. The largest absolute Gasteiger partial charge is 0.411 e. The number of alkyl halides is 3. The smallest absolute Gasteiger partial charge is 0.367 e. The van der Waals surface area contributed by atoms with Gasteiger partial charge in [-0.2, -0.15) is 18.3 Å². The molecule has 0 saturated heterocycles. The maximum Gasteiger partial charge on any atom is 0.411 e. The van der Waals surface area contributed by atoms with Gasteiger partial charge in [-0.25, -0.2) is 5.10 Å². The summed E-state index contributed by atoms with van der Waals surface area (Å²) in [5, 5.41) is 9.65. The van der Waals surface area contributed by atoms with Crippen molar-refractivity contribution in [2.24, 2.45) is 0 Å².